The van der Waals surface area contributed by atoms with Gasteiger partial charge in [0.1, 0.15) is 10.6 Å². The summed E-state index contributed by atoms with van der Waals surface area (Å²) in [4.78, 5) is 11.3. The first-order valence-electron chi connectivity index (χ1n) is 5.54. The van der Waals surface area contributed by atoms with Crippen molar-refractivity contribution < 1.29 is 27.8 Å². The number of carbonyl (C=O) groups excluding carboxylic acids is 1. The number of hydrogen-bond acceptors (Lipinski definition) is 6. The molecule has 106 valence electrons. The molecule has 0 aliphatic rings. The molecule has 1 aromatic rings. The molecule has 0 amide bonds. The second-order valence-electron chi connectivity index (χ2n) is 3.81. The molecule has 0 aliphatic carbocycles. The van der Waals surface area contributed by atoms with Gasteiger partial charge in [0.05, 0.1) is 13.7 Å². The van der Waals surface area contributed by atoms with Crippen LogP contribution in [0.4, 0.5) is 0 Å². The Hall–Kier alpha value is -1.60. The summed E-state index contributed by atoms with van der Waals surface area (Å²) in [7, 11) is -2.35. The van der Waals surface area contributed by atoms with Gasteiger partial charge in [0.25, 0.3) is 0 Å². The van der Waals surface area contributed by atoms with Crippen LogP contribution in [0.3, 0.4) is 0 Å². The van der Waals surface area contributed by atoms with Gasteiger partial charge in [0.2, 0.25) is 0 Å². The predicted octanol–water partition coefficient (Wildman–Crippen LogP) is 0.695. The average Bonchev–Trinajstić information content (AvgIpc) is 2.36. The van der Waals surface area contributed by atoms with Gasteiger partial charge in [0.15, 0.2) is 15.9 Å². The monoisotopic (exact) mass is 288 g/mol. The van der Waals surface area contributed by atoms with E-state index in [-0.39, 0.29) is 22.8 Å². The Bertz CT molecular complexity index is 564. The Morgan fingerprint density at radius 1 is 1.42 bits per heavy atom. The lowest BCUT2D eigenvalue weighted by Crippen LogP contribution is -2.18. The van der Waals surface area contributed by atoms with Crippen molar-refractivity contribution in [3.05, 3.63) is 23.8 Å². The highest BCUT2D eigenvalue weighted by Gasteiger charge is 2.28. The number of carbonyl (C=O) groups is 1. The fourth-order valence-electron chi connectivity index (χ4n) is 1.65. The molecule has 0 radical (unpaired) electrons. The molecule has 0 heterocycles. The molecule has 1 unspecified atom stereocenters. The van der Waals surface area contributed by atoms with E-state index in [0.717, 1.165) is 6.26 Å². The maximum atomic E-state index is 11.8. The van der Waals surface area contributed by atoms with Gasteiger partial charge in [-0.3, -0.25) is 0 Å². The van der Waals surface area contributed by atoms with E-state index in [0.29, 0.717) is 0 Å². The number of esters is 1. The van der Waals surface area contributed by atoms with Gasteiger partial charge in [-0.15, -0.1) is 0 Å². The molecule has 0 spiro atoms. The first kappa shape index (κ1) is 15.5. The molecular formula is C12H16O6S. The summed E-state index contributed by atoms with van der Waals surface area (Å²) in [5.74, 6) is -0.830. The molecule has 0 fully saturated rings. The van der Waals surface area contributed by atoms with Crippen molar-refractivity contribution in [2.45, 2.75) is 17.9 Å². The topological polar surface area (TPSA) is 89.9 Å². The molecule has 0 aromatic heterocycles. The molecule has 19 heavy (non-hydrogen) atoms. The zero-order chi connectivity index (χ0) is 14.6. The maximum Gasteiger partial charge on any atom is 0.339 e. The highest BCUT2D eigenvalue weighted by Crippen LogP contribution is 2.31. The summed E-state index contributed by atoms with van der Waals surface area (Å²) in [5.41, 5.74) is -0.0553. The first-order valence-corrected chi connectivity index (χ1v) is 7.43. The van der Waals surface area contributed by atoms with Crippen molar-refractivity contribution in [2.24, 2.45) is 0 Å². The molecule has 0 saturated heterocycles. The predicted molar refractivity (Wildman–Crippen MR) is 67.7 cm³/mol. The number of ether oxygens (including phenoxy) is 2. The Balaban J connectivity index is 3.40. The molecule has 1 rings (SSSR count). The van der Waals surface area contributed by atoms with E-state index in [1.165, 1.54) is 25.3 Å². The SMILES string of the molecule is CCOC(=O)C(O)c1cccc(OC)c1S(C)(=O)=O. The van der Waals surface area contributed by atoms with Gasteiger partial charge in [-0.2, -0.15) is 0 Å². The number of benzene rings is 1. The molecule has 7 heteroatoms. The summed E-state index contributed by atoms with van der Waals surface area (Å²) >= 11 is 0. The Morgan fingerprint density at radius 2 is 2.05 bits per heavy atom. The summed E-state index contributed by atoms with van der Waals surface area (Å²) in [6.07, 6.45) is -0.688. The highest BCUT2D eigenvalue weighted by atomic mass is 32.2. The maximum absolute atomic E-state index is 11.8. The van der Waals surface area contributed by atoms with Crippen LogP contribution >= 0.6 is 0 Å². The van der Waals surface area contributed by atoms with Gasteiger partial charge in [-0.05, 0) is 13.0 Å². The summed E-state index contributed by atoms with van der Waals surface area (Å²) in [5, 5.41) is 9.89. The number of methoxy groups -OCH3 is 1. The van der Waals surface area contributed by atoms with Crippen LogP contribution < -0.4 is 4.74 Å². The minimum atomic E-state index is -3.66. The van der Waals surface area contributed by atoms with E-state index in [1.807, 2.05) is 0 Å². The summed E-state index contributed by atoms with van der Waals surface area (Å²) in [6.45, 7) is 1.68. The molecule has 1 aromatic carbocycles. The highest BCUT2D eigenvalue weighted by molar-refractivity contribution is 7.90. The molecule has 1 N–H and O–H groups in total. The van der Waals surface area contributed by atoms with Crippen molar-refractivity contribution in [2.75, 3.05) is 20.0 Å². The molecule has 0 bridgehead atoms. The fourth-order valence-corrected chi connectivity index (χ4v) is 2.78. The number of sulfone groups is 1. The Morgan fingerprint density at radius 3 is 2.53 bits per heavy atom. The van der Waals surface area contributed by atoms with Crippen molar-refractivity contribution in [3.8, 4) is 5.75 Å². The van der Waals surface area contributed by atoms with Crippen LogP contribution in [0.2, 0.25) is 0 Å². The zero-order valence-electron chi connectivity index (χ0n) is 10.9. The number of aliphatic hydroxyl groups excluding tert-OH is 1. The van der Waals surface area contributed by atoms with Gasteiger partial charge in [0, 0.05) is 11.8 Å². The normalized spacial score (nSPS) is 12.8. The summed E-state index contributed by atoms with van der Waals surface area (Å²) < 4.78 is 33.2. The van der Waals surface area contributed by atoms with Gasteiger partial charge < -0.3 is 14.6 Å². The second-order valence-corrected chi connectivity index (χ2v) is 5.76. The third-order valence-corrected chi connectivity index (χ3v) is 3.58. The standard InChI is InChI=1S/C12H16O6S/c1-4-18-12(14)10(13)8-6-5-7-9(17-2)11(8)19(3,15)16/h5-7,10,13H,4H2,1-3H3. The smallest absolute Gasteiger partial charge is 0.339 e. The molecule has 1 atom stereocenters. The lowest BCUT2D eigenvalue weighted by molar-refractivity contribution is -0.153. The zero-order valence-corrected chi connectivity index (χ0v) is 11.7. The molecule has 0 aliphatic heterocycles. The second kappa shape index (κ2) is 6.03. The Kier molecular flexibility index (Phi) is 4.90. The lowest BCUT2D eigenvalue weighted by Gasteiger charge is -2.16. The Labute approximate surface area is 111 Å². The van der Waals surface area contributed by atoms with Crippen molar-refractivity contribution in [1.82, 2.24) is 0 Å². The minimum Gasteiger partial charge on any atom is -0.495 e. The number of aliphatic hydroxyl groups is 1. The van der Waals surface area contributed by atoms with E-state index in [2.05, 4.69) is 4.74 Å². The molecular weight excluding hydrogens is 272 g/mol. The average molecular weight is 288 g/mol. The van der Waals surface area contributed by atoms with Crippen LogP contribution in [0.25, 0.3) is 0 Å². The van der Waals surface area contributed by atoms with Crippen molar-refractivity contribution in [1.29, 1.82) is 0 Å². The third-order valence-electron chi connectivity index (χ3n) is 2.40. The fraction of sp³-hybridized carbons (Fsp3) is 0.417. The lowest BCUT2D eigenvalue weighted by atomic mass is 10.1. The minimum absolute atomic E-state index is 0.0553. The van der Waals surface area contributed by atoms with Gasteiger partial charge in [-0.25, -0.2) is 13.2 Å². The van der Waals surface area contributed by atoms with E-state index in [9.17, 15) is 18.3 Å². The summed E-state index contributed by atoms with van der Waals surface area (Å²) in [6, 6.07) is 4.28. The van der Waals surface area contributed by atoms with E-state index in [4.69, 9.17) is 4.74 Å². The molecule has 6 nitrogen and oxygen atoms in total. The first-order chi connectivity index (χ1) is 8.82. The van der Waals surface area contributed by atoms with Crippen LogP contribution in [0.1, 0.15) is 18.6 Å². The van der Waals surface area contributed by atoms with E-state index in [1.54, 1.807) is 6.92 Å². The van der Waals surface area contributed by atoms with Crippen LogP contribution in [-0.4, -0.2) is 39.5 Å². The largest absolute Gasteiger partial charge is 0.495 e. The van der Waals surface area contributed by atoms with E-state index >= 15 is 0 Å². The van der Waals surface area contributed by atoms with Crippen molar-refractivity contribution >= 4 is 15.8 Å². The van der Waals surface area contributed by atoms with Crippen LogP contribution in [-0.2, 0) is 19.4 Å². The quantitative estimate of drug-likeness (QED) is 0.802. The van der Waals surface area contributed by atoms with E-state index < -0.39 is 21.9 Å². The van der Waals surface area contributed by atoms with Crippen LogP contribution in [0.5, 0.6) is 5.75 Å². The molecule has 0 saturated carbocycles. The van der Waals surface area contributed by atoms with Gasteiger partial charge >= 0.3 is 5.97 Å². The number of hydrogen-bond donors (Lipinski definition) is 1. The van der Waals surface area contributed by atoms with Crippen LogP contribution in [0.15, 0.2) is 23.1 Å². The van der Waals surface area contributed by atoms with Crippen LogP contribution in [0, 0.1) is 0 Å². The third kappa shape index (κ3) is 3.45. The van der Waals surface area contributed by atoms with Crippen molar-refractivity contribution in [3.63, 3.8) is 0 Å². The number of rotatable bonds is 5. The van der Waals surface area contributed by atoms with Gasteiger partial charge in [-0.1, -0.05) is 12.1 Å².